The fourth-order valence-electron chi connectivity index (χ4n) is 4.19. The third kappa shape index (κ3) is 37.7. The number of ether oxygens (including phenoxy) is 2. The Morgan fingerprint density at radius 1 is 0.608 bits per heavy atom. The molecule has 0 saturated heterocycles. The van der Waals surface area contributed by atoms with Crippen molar-refractivity contribution in [3.8, 4) is 0 Å². The largest absolute Gasteiger partial charge is 0.469 e. The minimum Gasteiger partial charge on any atom is -0.462 e. The van der Waals surface area contributed by atoms with Crippen LogP contribution in [-0.4, -0.2) is 52.3 Å². The van der Waals surface area contributed by atoms with E-state index in [9.17, 15) is 19.3 Å². The molecule has 286 valence electrons. The van der Waals surface area contributed by atoms with Crippen LogP contribution in [0, 0.1) is 0 Å². The Morgan fingerprint density at radius 2 is 1.12 bits per heavy atom. The standard InChI is InChI=1S/C41H63O9P/c1-3-5-7-9-11-12-13-14-15-16-17-18-23-27-31-35-41(44)50-39(37-49-51(45,46)47)36-48-40(43)34-30-26-22-20-19-21-25-29-33-38(42)32-28-24-10-8-6-4-2/h5-8,11-12,14-15,17-18,20-22,24-25,28-29,33,38-39,42H,3-4,9-10,13,16,19,23,26-27,30-32,34-37H2,1-2H3,(H2,45,46,47)/b7-5-,8-6-,12-11-,15-14-,18-17-,22-20-,25-21-,28-24-,33-29+/t38?,39-/m1/s1. The molecule has 9 nitrogen and oxygen atoms in total. The SMILES string of the molecule is CC/C=C\C/C=C\C/C=C\C/C=C\CCCCC(=O)O[C@H](COC(=O)CCC/C=C\C/C=C\C=C\C(O)C/C=C\C/C=C\CC)COP(=O)(O)O. The first-order valence-corrected chi connectivity index (χ1v) is 19.8. The zero-order valence-corrected chi connectivity index (χ0v) is 31.7. The van der Waals surface area contributed by atoms with E-state index >= 15 is 0 Å². The van der Waals surface area contributed by atoms with Crippen molar-refractivity contribution in [2.24, 2.45) is 0 Å². The molecule has 0 heterocycles. The highest BCUT2D eigenvalue weighted by molar-refractivity contribution is 7.46. The maximum atomic E-state index is 12.3. The lowest BCUT2D eigenvalue weighted by Gasteiger charge is -2.18. The average molecular weight is 731 g/mol. The summed E-state index contributed by atoms with van der Waals surface area (Å²) in [5, 5.41) is 9.96. The summed E-state index contributed by atoms with van der Waals surface area (Å²) < 4.78 is 26.2. The Balaban J connectivity index is 4.26. The molecule has 0 fully saturated rings. The molecule has 0 aliphatic carbocycles. The van der Waals surface area contributed by atoms with Crippen LogP contribution in [0.5, 0.6) is 0 Å². The number of esters is 2. The van der Waals surface area contributed by atoms with Gasteiger partial charge in [-0.15, -0.1) is 0 Å². The molecule has 0 aromatic carbocycles. The van der Waals surface area contributed by atoms with Gasteiger partial charge in [-0.05, 0) is 83.5 Å². The number of allylic oxidation sites excluding steroid dienone is 16. The Bertz CT molecular complexity index is 1200. The lowest BCUT2D eigenvalue weighted by molar-refractivity contribution is -0.161. The maximum absolute atomic E-state index is 12.3. The van der Waals surface area contributed by atoms with Crippen molar-refractivity contribution < 1.29 is 43.0 Å². The monoisotopic (exact) mass is 730 g/mol. The molecule has 0 aromatic heterocycles. The van der Waals surface area contributed by atoms with Crippen molar-refractivity contribution in [2.45, 2.75) is 122 Å². The van der Waals surface area contributed by atoms with Crippen molar-refractivity contribution in [1.29, 1.82) is 0 Å². The lowest BCUT2D eigenvalue weighted by Crippen LogP contribution is -2.29. The molecule has 51 heavy (non-hydrogen) atoms. The van der Waals surface area contributed by atoms with Crippen LogP contribution in [0.2, 0.25) is 0 Å². The molecule has 0 aliphatic heterocycles. The summed E-state index contributed by atoms with van der Waals surface area (Å²) in [6.07, 6.45) is 45.6. The minimum absolute atomic E-state index is 0.128. The van der Waals surface area contributed by atoms with E-state index in [2.05, 4.69) is 79.1 Å². The summed E-state index contributed by atoms with van der Waals surface area (Å²) in [6, 6.07) is 0. The molecule has 10 heteroatoms. The van der Waals surface area contributed by atoms with E-state index in [-0.39, 0.29) is 19.4 Å². The van der Waals surface area contributed by atoms with Gasteiger partial charge in [-0.1, -0.05) is 123 Å². The summed E-state index contributed by atoms with van der Waals surface area (Å²) in [7, 11) is -4.80. The number of hydrogen-bond acceptors (Lipinski definition) is 7. The first-order valence-electron chi connectivity index (χ1n) is 18.3. The number of phosphoric ester groups is 1. The van der Waals surface area contributed by atoms with E-state index in [1.165, 1.54) is 0 Å². The number of phosphoric acid groups is 1. The summed E-state index contributed by atoms with van der Waals surface area (Å²) >= 11 is 0. The third-order valence-electron chi connectivity index (χ3n) is 6.87. The van der Waals surface area contributed by atoms with Gasteiger partial charge in [0.1, 0.15) is 6.61 Å². The van der Waals surface area contributed by atoms with E-state index in [1.807, 2.05) is 42.5 Å². The third-order valence-corrected chi connectivity index (χ3v) is 7.35. The van der Waals surface area contributed by atoms with Crippen molar-refractivity contribution in [1.82, 2.24) is 0 Å². The van der Waals surface area contributed by atoms with Crippen LogP contribution in [0.3, 0.4) is 0 Å². The predicted molar refractivity (Wildman–Crippen MR) is 208 cm³/mol. The Kier molecular flexibility index (Phi) is 32.8. The first kappa shape index (κ1) is 47.7. The number of rotatable bonds is 31. The molecule has 0 aliphatic rings. The van der Waals surface area contributed by atoms with E-state index in [1.54, 1.807) is 6.08 Å². The highest BCUT2D eigenvalue weighted by Crippen LogP contribution is 2.35. The second-order valence-corrected chi connectivity index (χ2v) is 12.9. The van der Waals surface area contributed by atoms with Gasteiger partial charge in [-0.3, -0.25) is 14.1 Å². The predicted octanol–water partition coefficient (Wildman–Crippen LogP) is 9.81. The molecule has 0 rings (SSSR count). The van der Waals surface area contributed by atoms with Crippen LogP contribution < -0.4 is 0 Å². The summed E-state index contributed by atoms with van der Waals surface area (Å²) in [5.41, 5.74) is 0. The molecule has 3 N–H and O–H groups in total. The van der Waals surface area contributed by atoms with Gasteiger partial charge >= 0.3 is 19.8 Å². The van der Waals surface area contributed by atoms with Crippen LogP contribution in [-0.2, 0) is 28.2 Å². The zero-order valence-electron chi connectivity index (χ0n) is 30.8. The number of aliphatic hydroxyl groups excluding tert-OH is 1. The summed E-state index contributed by atoms with van der Waals surface area (Å²) in [5.74, 6) is -1.06. The fraction of sp³-hybridized carbons (Fsp3) is 0.512. The molecular weight excluding hydrogens is 667 g/mol. The Morgan fingerprint density at radius 3 is 1.71 bits per heavy atom. The van der Waals surface area contributed by atoms with Gasteiger partial charge in [0, 0.05) is 12.8 Å². The van der Waals surface area contributed by atoms with Gasteiger partial charge in [-0.2, -0.15) is 0 Å². The van der Waals surface area contributed by atoms with Crippen LogP contribution in [0.25, 0.3) is 0 Å². The summed E-state index contributed by atoms with van der Waals surface area (Å²) in [6.45, 7) is 3.26. The Hall–Kier alpha value is -3.33. The first-order chi connectivity index (χ1) is 24.7. The van der Waals surface area contributed by atoms with E-state index < -0.39 is 38.6 Å². The average Bonchev–Trinajstić information content (AvgIpc) is 3.09. The molecule has 0 bridgehead atoms. The minimum atomic E-state index is -4.80. The van der Waals surface area contributed by atoms with Crippen molar-refractivity contribution >= 4 is 19.8 Å². The Labute approximate surface area is 307 Å². The second-order valence-electron chi connectivity index (χ2n) is 11.6. The van der Waals surface area contributed by atoms with Gasteiger partial charge < -0.3 is 24.4 Å². The van der Waals surface area contributed by atoms with Gasteiger partial charge in [0.05, 0.1) is 12.7 Å². The van der Waals surface area contributed by atoms with Crippen LogP contribution in [0.1, 0.15) is 110 Å². The smallest absolute Gasteiger partial charge is 0.462 e. The molecule has 0 radical (unpaired) electrons. The number of carbonyl (C=O) groups is 2. The van der Waals surface area contributed by atoms with E-state index in [0.29, 0.717) is 32.1 Å². The lowest BCUT2D eigenvalue weighted by atomic mass is 10.2. The topological polar surface area (TPSA) is 140 Å². The van der Waals surface area contributed by atoms with E-state index in [4.69, 9.17) is 19.3 Å². The number of aliphatic hydroxyl groups is 1. The van der Waals surface area contributed by atoms with Crippen molar-refractivity contribution in [3.63, 3.8) is 0 Å². The maximum Gasteiger partial charge on any atom is 0.469 e. The van der Waals surface area contributed by atoms with E-state index in [0.717, 1.165) is 51.4 Å². The number of carbonyl (C=O) groups excluding carboxylic acids is 2. The zero-order chi connectivity index (χ0) is 37.7. The van der Waals surface area contributed by atoms with Gasteiger partial charge in [0.15, 0.2) is 6.10 Å². The summed E-state index contributed by atoms with van der Waals surface area (Å²) in [4.78, 5) is 42.6. The van der Waals surface area contributed by atoms with Crippen molar-refractivity contribution in [3.05, 3.63) is 109 Å². The second kappa shape index (κ2) is 35.1. The normalized spacial score (nSPS) is 14.4. The quantitative estimate of drug-likeness (QED) is 0.0209. The molecule has 0 saturated carbocycles. The van der Waals surface area contributed by atoms with Crippen LogP contribution in [0.15, 0.2) is 109 Å². The van der Waals surface area contributed by atoms with Gasteiger partial charge in [-0.25, -0.2) is 4.57 Å². The van der Waals surface area contributed by atoms with Crippen molar-refractivity contribution in [2.75, 3.05) is 13.2 Å². The number of unbranched alkanes of at least 4 members (excludes halogenated alkanes) is 3. The molecule has 2 atom stereocenters. The fourth-order valence-corrected chi connectivity index (χ4v) is 4.55. The highest BCUT2D eigenvalue weighted by Gasteiger charge is 2.22. The highest BCUT2D eigenvalue weighted by atomic mass is 31.2. The molecule has 1 unspecified atom stereocenters. The molecule has 0 spiro atoms. The molecular formula is C41H63O9P. The van der Waals surface area contributed by atoms with Gasteiger partial charge in [0.25, 0.3) is 0 Å². The van der Waals surface area contributed by atoms with Crippen LogP contribution >= 0.6 is 7.82 Å². The molecule has 0 amide bonds. The molecule has 0 aromatic rings. The number of hydrogen-bond donors (Lipinski definition) is 3. The van der Waals surface area contributed by atoms with Crippen LogP contribution in [0.4, 0.5) is 0 Å². The van der Waals surface area contributed by atoms with Gasteiger partial charge in [0.2, 0.25) is 0 Å².